The number of benzene rings is 19. The molecule has 23 aromatic rings. The van der Waals surface area contributed by atoms with Crippen molar-refractivity contribution in [2.75, 3.05) is 0 Å². The van der Waals surface area contributed by atoms with E-state index in [1.807, 2.05) is 54.6 Å². The Kier molecular flexibility index (Phi) is 14.5. The molecule has 4 heterocycles. The van der Waals surface area contributed by atoms with Crippen molar-refractivity contribution < 1.29 is 0 Å². The maximum atomic E-state index is 5.23. The van der Waals surface area contributed by atoms with Gasteiger partial charge in [-0.05, 0) is 118 Å². The first kappa shape index (κ1) is 62.5. The third kappa shape index (κ3) is 10.1. The van der Waals surface area contributed by atoms with E-state index in [9.17, 15) is 0 Å². The molecule has 0 fully saturated rings. The van der Waals surface area contributed by atoms with E-state index >= 15 is 0 Å². The highest BCUT2D eigenvalue weighted by Crippen LogP contribution is 2.47. The summed E-state index contributed by atoms with van der Waals surface area (Å²) in [6.07, 6.45) is 0. The predicted molar refractivity (Wildman–Crippen MR) is 459 cm³/mol. The van der Waals surface area contributed by atoms with E-state index in [1.165, 1.54) is 103 Å². The van der Waals surface area contributed by atoms with Crippen molar-refractivity contribution in [1.29, 1.82) is 0 Å². The zero-order valence-corrected chi connectivity index (χ0v) is 59.4. The van der Waals surface area contributed by atoms with Crippen LogP contribution in [0.5, 0.6) is 0 Å². The predicted octanol–water partition coefficient (Wildman–Crippen LogP) is 26.3. The van der Waals surface area contributed by atoms with Gasteiger partial charge >= 0.3 is 0 Å². The summed E-state index contributed by atoms with van der Waals surface area (Å²) in [5.41, 5.74) is 12.4. The Hall–Kier alpha value is -14.9. The lowest BCUT2D eigenvalue weighted by Crippen LogP contribution is -2.04. The second-order valence-electron chi connectivity index (χ2n) is 28.4. The Labute approximate surface area is 631 Å². The monoisotopic (exact) mass is 1400 g/mol. The molecule has 19 aromatic carbocycles. The van der Waals surface area contributed by atoms with Crippen LogP contribution in [0.1, 0.15) is 0 Å². The van der Waals surface area contributed by atoms with Crippen LogP contribution >= 0.6 is 0 Å². The minimum Gasteiger partial charge on any atom is -0.309 e. The molecule has 110 heavy (non-hydrogen) atoms. The molecule has 0 aliphatic rings. The van der Waals surface area contributed by atoms with Gasteiger partial charge in [-0.2, -0.15) is 0 Å². The average Bonchev–Trinajstić information content (AvgIpc) is 1.56. The van der Waals surface area contributed by atoms with Crippen molar-refractivity contribution in [2.24, 2.45) is 0 Å². The van der Waals surface area contributed by atoms with Crippen LogP contribution in [-0.4, -0.2) is 39.0 Å². The van der Waals surface area contributed by atoms with Gasteiger partial charge in [-0.15, -0.1) is 0 Å². The summed E-state index contributed by atoms with van der Waals surface area (Å²) in [7, 11) is 0. The third-order valence-corrected chi connectivity index (χ3v) is 22.2. The van der Waals surface area contributed by atoms with Gasteiger partial charge in [-0.1, -0.05) is 334 Å². The van der Waals surface area contributed by atoms with Gasteiger partial charge in [0.2, 0.25) is 0 Å². The summed E-state index contributed by atoms with van der Waals surface area (Å²) in [6.45, 7) is 0. The Morgan fingerprint density at radius 2 is 0.518 bits per heavy atom. The standard InChI is InChI=1S/C53H32N4.C49H30N4/c1-2-14-37(15-3-1)51-54-52(39-29-24-33-12-4-5-16-38(33)32-39)56-53(55-51)43-21-10-20-42-41(43)19-11-23-45(42)57-46-22-9-8-18-44(46)50-47(57)31-30-36-28-27-35-26-25-34-13-6-7-17-40(34)48(35)49(36)50;1-3-15-35(16-4-1)47-50-48(36-17-5-2-6-18-36)52-49(51-47)40-29-27-32-14-8-10-20-38(32)46(40)53-41-22-12-11-21-39(41)45-42(53)30-28-34-26-25-33-24-23-31-13-7-9-19-37(31)43(33)44(34)45/h1-32H;1-30H. The van der Waals surface area contributed by atoms with Crippen molar-refractivity contribution in [3.8, 4) is 79.7 Å². The van der Waals surface area contributed by atoms with E-state index in [4.69, 9.17) is 29.9 Å². The van der Waals surface area contributed by atoms with Crippen LogP contribution in [0, 0.1) is 0 Å². The quantitative estimate of drug-likeness (QED) is 0.141. The average molecular weight is 1400 g/mol. The van der Waals surface area contributed by atoms with Crippen molar-refractivity contribution in [2.45, 2.75) is 0 Å². The molecule has 0 bridgehead atoms. The molecule has 0 atom stereocenters. The highest BCUT2D eigenvalue weighted by Gasteiger charge is 2.26. The molecule has 0 radical (unpaired) electrons. The molecule has 0 amide bonds. The van der Waals surface area contributed by atoms with Gasteiger partial charge in [0.15, 0.2) is 34.9 Å². The molecule has 4 aromatic heterocycles. The second kappa shape index (κ2) is 25.4. The number of aromatic nitrogens is 8. The lowest BCUT2D eigenvalue weighted by molar-refractivity contribution is 1.07. The maximum absolute atomic E-state index is 5.23. The molecular weight excluding hydrogens is 1340 g/mol. The van der Waals surface area contributed by atoms with Gasteiger partial charge in [-0.3, -0.25) is 0 Å². The Balaban J connectivity index is 0.000000136. The molecule has 0 N–H and O–H groups in total. The second-order valence-corrected chi connectivity index (χ2v) is 28.4. The number of para-hydroxylation sites is 2. The van der Waals surface area contributed by atoms with E-state index in [1.54, 1.807) is 0 Å². The van der Waals surface area contributed by atoms with Crippen LogP contribution < -0.4 is 0 Å². The fraction of sp³-hybridized carbons (Fsp3) is 0. The summed E-state index contributed by atoms with van der Waals surface area (Å²) in [5, 5.41) is 26.8. The molecule has 0 unspecified atom stereocenters. The van der Waals surface area contributed by atoms with Crippen LogP contribution in [0.25, 0.3) is 220 Å². The third-order valence-electron chi connectivity index (χ3n) is 22.2. The maximum Gasteiger partial charge on any atom is 0.166 e. The van der Waals surface area contributed by atoms with E-state index in [0.29, 0.717) is 34.9 Å². The summed E-state index contributed by atoms with van der Waals surface area (Å²) >= 11 is 0. The van der Waals surface area contributed by atoms with Crippen molar-refractivity contribution in [3.05, 3.63) is 376 Å². The van der Waals surface area contributed by atoms with Crippen LogP contribution in [-0.2, 0) is 0 Å². The molecule has 0 saturated carbocycles. The highest BCUT2D eigenvalue weighted by atomic mass is 15.1. The fourth-order valence-corrected chi connectivity index (χ4v) is 17.2. The molecule has 0 aliphatic heterocycles. The molecule has 0 saturated heterocycles. The number of fused-ring (bicyclic) bond motifs is 21. The number of hydrogen-bond donors (Lipinski definition) is 0. The zero-order chi connectivity index (χ0) is 72.3. The van der Waals surface area contributed by atoms with E-state index < -0.39 is 0 Å². The first-order valence-corrected chi connectivity index (χ1v) is 37.3. The van der Waals surface area contributed by atoms with Crippen molar-refractivity contribution in [1.82, 2.24) is 39.0 Å². The van der Waals surface area contributed by atoms with E-state index in [-0.39, 0.29) is 0 Å². The first-order valence-electron chi connectivity index (χ1n) is 37.3. The van der Waals surface area contributed by atoms with Gasteiger partial charge in [0.25, 0.3) is 0 Å². The SMILES string of the molecule is c1ccc(-c2nc(-c3ccc4ccccc4c3)nc(-c3cccc4c(-n5c6ccccc6c6c7c(ccc8ccc9ccccc9c87)ccc65)cccc34)n2)cc1.c1ccc(-c2nc(-c3ccccc3)nc(-c3ccc4ccccc4c3-n3c4ccccc4c4c5c(ccc6ccc7ccccc7c65)ccc43)n2)cc1. The van der Waals surface area contributed by atoms with Crippen molar-refractivity contribution >= 4 is 141 Å². The van der Waals surface area contributed by atoms with Gasteiger partial charge in [0.1, 0.15) is 0 Å². The van der Waals surface area contributed by atoms with Crippen LogP contribution in [0.2, 0.25) is 0 Å². The van der Waals surface area contributed by atoms with Gasteiger partial charge < -0.3 is 9.13 Å². The van der Waals surface area contributed by atoms with Gasteiger partial charge in [0, 0.05) is 76.5 Å². The highest BCUT2D eigenvalue weighted by molar-refractivity contribution is 6.34. The number of nitrogens with zero attached hydrogens (tertiary/aromatic N) is 8. The summed E-state index contributed by atoms with van der Waals surface area (Å²) < 4.78 is 4.89. The van der Waals surface area contributed by atoms with E-state index in [2.05, 4.69) is 331 Å². The largest absolute Gasteiger partial charge is 0.309 e. The first-order chi connectivity index (χ1) is 54.6. The summed E-state index contributed by atoms with van der Waals surface area (Å²) in [4.78, 5) is 30.9. The molecule has 0 aliphatic carbocycles. The van der Waals surface area contributed by atoms with Crippen LogP contribution in [0.3, 0.4) is 0 Å². The smallest absolute Gasteiger partial charge is 0.166 e. The zero-order valence-electron chi connectivity index (χ0n) is 59.4. The minimum atomic E-state index is 0.627. The summed E-state index contributed by atoms with van der Waals surface area (Å²) in [5.74, 6) is 3.83. The molecule has 510 valence electrons. The normalized spacial score (nSPS) is 11.8. The Morgan fingerprint density at radius 1 is 0.164 bits per heavy atom. The lowest BCUT2D eigenvalue weighted by atomic mass is 9.93. The summed E-state index contributed by atoms with van der Waals surface area (Å²) in [6, 6.07) is 134. The fourth-order valence-electron chi connectivity index (χ4n) is 17.2. The minimum absolute atomic E-state index is 0.627. The van der Waals surface area contributed by atoms with Crippen LogP contribution in [0.15, 0.2) is 376 Å². The molecule has 8 heteroatoms. The number of hydrogen-bond acceptors (Lipinski definition) is 6. The Bertz CT molecular complexity index is 7650. The topological polar surface area (TPSA) is 87.2 Å². The lowest BCUT2D eigenvalue weighted by Gasteiger charge is -2.17. The van der Waals surface area contributed by atoms with Gasteiger partial charge in [0.05, 0.1) is 33.4 Å². The van der Waals surface area contributed by atoms with Crippen LogP contribution in [0.4, 0.5) is 0 Å². The van der Waals surface area contributed by atoms with Gasteiger partial charge in [-0.25, -0.2) is 29.9 Å². The molecular formula is C102H62N8. The number of rotatable bonds is 8. The van der Waals surface area contributed by atoms with Crippen molar-refractivity contribution in [3.63, 3.8) is 0 Å². The molecule has 8 nitrogen and oxygen atoms in total. The molecule has 0 spiro atoms. The molecule has 23 rings (SSSR count). The van der Waals surface area contributed by atoms with E-state index in [0.717, 1.165) is 82.7 Å². The Morgan fingerprint density at radius 3 is 1.06 bits per heavy atom.